The first-order valence-electron chi connectivity index (χ1n) is 10.5. The van der Waals surface area contributed by atoms with Gasteiger partial charge in [-0.05, 0) is 49.7 Å². The van der Waals surface area contributed by atoms with Crippen LogP contribution in [-0.4, -0.2) is 26.2 Å². The fourth-order valence-electron chi connectivity index (χ4n) is 3.04. The molecule has 0 aliphatic carbocycles. The largest absolute Gasteiger partial charge is 0.490 e. The summed E-state index contributed by atoms with van der Waals surface area (Å²) in [4.78, 5) is 4.61. The molecular weight excluding hydrogens is 470 g/mol. The molecule has 0 unspecified atom stereocenters. The molecular formula is C25H23N3O4S2. The van der Waals surface area contributed by atoms with Gasteiger partial charge < -0.3 is 8.92 Å². The van der Waals surface area contributed by atoms with E-state index in [2.05, 4.69) is 15.5 Å². The van der Waals surface area contributed by atoms with Gasteiger partial charge >= 0.3 is 10.1 Å². The Kier molecular flexibility index (Phi) is 7.24. The molecule has 0 radical (unpaired) electrons. The highest BCUT2D eigenvalue weighted by molar-refractivity contribution is 7.87. The fourth-order valence-corrected chi connectivity index (χ4v) is 4.65. The van der Waals surface area contributed by atoms with Gasteiger partial charge in [0.05, 0.1) is 18.5 Å². The van der Waals surface area contributed by atoms with Crippen molar-refractivity contribution in [3.63, 3.8) is 0 Å². The minimum absolute atomic E-state index is 0.0775. The van der Waals surface area contributed by atoms with E-state index >= 15 is 0 Å². The Balaban J connectivity index is 1.47. The van der Waals surface area contributed by atoms with Gasteiger partial charge in [0, 0.05) is 10.9 Å². The predicted molar refractivity (Wildman–Crippen MR) is 135 cm³/mol. The normalized spacial score (nSPS) is 11.5. The summed E-state index contributed by atoms with van der Waals surface area (Å²) in [6.07, 6.45) is 1.60. The smallest absolute Gasteiger partial charge is 0.339 e. The van der Waals surface area contributed by atoms with E-state index in [0.29, 0.717) is 23.1 Å². The highest BCUT2D eigenvalue weighted by atomic mass is 32.2. The zero-order valence-corrected chi connectivity index (χ0v) is 20.3. The van der Waals surface area contributed by atoms with E-state index < -0.39 is 10.1 Å². The Morgan fingerprint density at radius 2 is 1.79 bits per heavy atom. The number of anilines is 1. The van der Waals surface area contributed by atoms with Crippen LogP contribution >= 0.6 is 11.3 Å². The number of benzene rings is 3. The lowest BCUT2D eigenvalue weighted by molar-refractivity contribution is 0.327. The lowest BCUT2D eigenvalue weighted by atomic mass is 10.2. The van der Waals surface area contributed by atoms with Gasteiger partial charge in [0.1, 0.15) is 4.90 Å². The van der Waals surface area contributed by atoms with Crippen LogP contribution in [0, 0.1) is 6.92 Å². The Labute approximate surface area is 202 Å². The molecule has 0 bridgehead atoms. The van der Waals surface area contributed by atoms with Crippen LogP contribution in [0.2, 0.25) is 0 Å². The quantitative estimate of drug-likeness (QED) is 0.182. The average Bonchev–Trinajstić information content (AvgIpc) is 3.31. The Morgan fingerprint density at radius 3 is 2.53 bits per heavy atom. The molecule has 0 fully saturated rings. The number of aromatic nitrogens is 1. The van der Waals surface area contributed by atoms with Crippen molar-refractivity contribution in [2.75, 3.05) is 12.0 Å². The molecule has 174 valence electrons. The van der Waals surface area contributed by atoms with Crippen molar-refractivity contribution in [1.82, 2.24) is 4.98 Å². The minimum atomic E-state index is -3.99. The molecule has 1 N–H and O–H groups in total. The zero-order valence-electron chi connectivity index (χ0n) is 18.6. The molecule has 34 heavy (non-hydrogen) atoms. The standard InChI is InChI=1S/C25H23N3O4S2/c1-3-31-24-15-19(11-14-23(24)32-34(29,30)21-12-9-18(2)10-13-21)16-26-28-25-27-22(17-33-25)20-7-5-4-6-8-20/h4-17H,3H2,1-2H3,(H,27,28)/b26-16-. The van der Waals surface area contributed by atoms with Crippen LogP contribution in [0.1, 0.15) is 18.1 Å². The van der Waals surface area contributed by atoms with Gasteiger partial charge in [-0.25, -0.2) is 4.98 Å². The van der Waals surface area contributed by atoms with E-state index in [-0.39, 0.29) is 10.6 Å². The van der Waals surface area contributed by atoms with E-state index in [1.54, 1.807) is 36.5 Å². The van der Waals surface area contributed by atoms with Crippen LogP contribution in [-0.2, 0) is 10.1 Å². The number of hydrogen-bond donors (Lipinski definition) is 1. The van der Waals surface area contributed by atoms with E-state index in [4.69, 9.17) is 8.92 Å². The first-order valence-corrected chi connectivity index (χ1v) is 12.8. The highest BCUT2D eigenvalue weighted by Gasteiger charge is 2.19. The number of thiazole rings is 1. The zero-order chi connectivity index (χ0) is 24.0. The van der Waals surface area contributed by atoms with Crippen molar-refractivity contribution in [1.29, 1.82) is 0 Å². The van der Waals surface area contributed by atoms with Gasteiger partial charge in [-0.15, -0.1) is 11.3 Å². The molecule has 9 heteroatoms. The van der Waals surface area contributed by atoms with E-state index in [9.17, 15) is 8.42 Å². The molecule has 0 aliphatic heterocycles. The summed E-state index contributed by atoms with van der Waals surface area (Å²) in [7, 11) is -3.99. The third-order valence-electron chi connectivity index (χ3n) is 4.72. The molecule has 0 spiro atoms. The molecule has 4 rings (SSSR count). The monoisotopic (exact) mass is 493 g/mol. The number of ether oxygens (including phenoxy) is 1. The average molecular weight is 494 g/mol. The number of hydrazone groups is 1. The van der Waals surface area contributed by atoms with Gasteiger partial charge in [0.2, 0.25) is 5.13 Å². The van der Waals surface area contributed by atoms with Crippen molar-refractivity contribution in [2.45, 2.75) is 18.7 Å². The predicted octanol–water partition coefficient (Wildman–Crippen LogP) is 5.73. The summed E-state index contributed by atoms with van der Waals surface area (Å²) in [6.45, 7) is 4.05. The third kappa shape index (κ3) is 5.81. The van der Waals surface area contributed by atoms with Crippen molar-refractivity contribution in [2.24, 2.45) is 5.10 Å². The second-order valence-electron chi connectivity index (χ2n) is 7.26. The van der Waals surface area contributed by atoms with Gasteiger partial charge in [-0.3, -0.25) is 5.43 Å². The molecule has 0 saturated carbocycles. The van der Waals surface area contributed by atoms with Gasteiger partial charge in [-0.1, -0.05) is 48.0 Å². The molecule has 1 heterocycles. The van der Waals surface area contributed by atoms with Gasteiger partial charge in [0.25, 0.3) is 0 Å². The lowest BCUT2D eigenvalue weighted by Gasteiger charge is -2.12. The molecule has 0 saturated heterocycles. The topological polar surface area (TPSA) is 89.9 Å². The Morgan fingerprint density at radius 1 is 1.03 bits per heavy atom. The second-order valence-corrected chi connectivity index (χ2v) is 9.67. The Hall–Kier alpha value is -3.69. The number of aryl methyl sites for hydroxylation is 1. The second kappa shape index (κ2) is 10.5. The molecule has 0 amide bonds. The van der Waals surface area contributed by atoms with Crippen LogP contribution in [0.15, 0.2) is 88.2 Å². The lowest BCUT2D eigenvalue weighted by Crippen LogP contribution is -2.11. The maximum absolute atomic E-state index is 12.7. The van der Waals surface area contributed by atoms with Crippen LogP contribution in [0.5, 0.6) is 11.5 Å². The summed E-state index contributed by atoms with van der Waals surface area (Å²) >= 11 is 1.45. The van der Waals surface area contributed by atoms with Crippen LogP contribution in [0.25, 0.3) is 11.3 Å². The third-order valence-corrected chi connectivity index (χ3v) is 6.72. The van der Waals surface area contributed by atoms with Crippen LogP contribution in [0.3, 0.4) is 0 Å². The summed E-state index contributed by atoms with van der Waals surface area (Å²) < 4.78 is 36.3. The number of nitrogens with zero attached hydrogens (tertiary/aromatic N) is 2. The van der Waals surface area contributed by atoms with Crippen molar-refractivity contribution >= 4 is 32.8 Å². The molecule has 1 aromatic heterocycles. The molecule has 4 aromatic rings. The molecule has 0 atom stereocenters. The Bertz CT molecular complexity index is 1380. The van der Waals surface area contributed by atoms with Crippen molar-refractivity contribution in [3.8, 4) is 22.8 Å². The summed E-state index contributed by atoms with van der Waals surface area (Å²) in [5, 5.41) is 6.85. The fraction of sp³-hybridized carbons (Fsp3) is 0.120. The van der Waals surface area contributed by atoms with Gasteiger partial charge in [-0.2, -0.15) is 13.5 Å². The van der Waals surface area contributed by atoms with Gasteiger partial charge in [0.15, 0.2) is 11.5 Å². The van der Waals surface area contributed by atoms with Crippen LogP contribution < -0.4 is 14.3 Å². The maximum Gasteiger partial charge on any atom is 0.339 e. The molecule has 0 aliphatic rings. The number of rotatable bonds is 9. The maximum atomic E-state index is 12.7. The van der Waals surface area contributed by atoms with Crippen molar-refractivity contribution in [3.05, 3.63) is 89.3 Å². The van der Waals surface area contributed by atoms with Crippen LogP contribution in [0.4, 0.5) is 5.13 Å². The number of hydrogen-bond acceptors (Lipinski definition) is 8. The molecule has 7 nitrogen and oxygen atoms in total. The van der Waals surface area contributed by atoms with Crippen molar-refractivity contribution < 1.29 is 17.3 Å². The summed E-state index contributed by atoms with van der Waals surface area (Å²) in [5.41, 5.74) is 6.49. The minimum Gasteiger partial charge on any atom is -0.490 e. The van der Waals surface area contributed by atoms with E-state index in [1.165, 1.54) is 23.5 Å². The first kappa shape index (κ1) is 23.5. The SMILES string of the molecule is CCOc1cc(/C=N\Nc2nc(-c3ccccc3)cs2)ccc1OS(=O)(=O)c1ccc(C)cc1. The summed E-state index contributed by atoms with van der Waals surface area (Å²) in [6, 6.07) is 21.3. The highest BCUT2D eigenvalue weighted by Crippen LogP contribution is 2.31. The molecule has 3 aromatic carbocycles. The number of nitrogens with one attached hydrogen (secondary N) is 1. The summed E-state index contributed by atoms with van der Waals surface area (Å²) in [5.74, 6) is 0.419. The van der Waals surface area contributed by atoms with E-state index in [1.807, 2.05) is 49.6 Å². The first-order chi connectivity index (χ1) is 16.4. The van der Waals surface area contributed by atoms with E-state index in [0.717, 1.165) is 16.8 Å².